The summed E-state index contributed by atoms with van der Waals surface area (Å²) >= 11 is 0. The van der Waals surface area contributed by atoms with Gasteiger partial charge in [0, 0.05) is 0 Å². The van der Waals surface area contributed by atoms with E-state index in [9.17, 15) is 4.39 Å². The van der Waals surface area contributed by atoms with Gasteiger partial charge in [-0.05, 0) is 118 Å². The van der Waals surface area contributed by atoms with Crippen molar-refractivity contribution in [1.82, 2.24) is 0 Å². The molecule has 216 valence electrons. The molecule has 37 heavy (non-hydrogen) atoms. The average Bonchev–Trinajstić information content (AvgIpc) is 2.92. The molecule has 0 saturated heterocycles. The second-order valence-electron chi connectivity index (χ2n) is 14.2. The Balaban J connectivity index is 1.13. The van der Waals surface area contributed by atoms with Gasteiger partial charge in [-0.25, -0.2) is 13.2 Å². The molecule has 0 amide bonds. The van der Waals surface area contributed by atoms with Gasteiger partial charge in [-0.2, -0.15) is 0 Å². The van der Waals surface area contributed by atoms with Crippen LogP contribution in [0.4, 0.5) is 13.2 Å². The Hall–Kier alpha value is -0.210. The molecular formula is C34H59F3. The molecule has 0 spiro atoms. The second-order valence-corrected chi connectivity index (χ2v) is 14.2. The van der Waals surface area contributed by atoms with E-state index < -0.39 is 18.5 Å². The van der Waals surface area contributed by atoms with Gasteiger partial charge in [-0.15, -0.1) is 0 Å². The zero-order valence-corrected chi connectivity index (χ0v) is 24.3. The van der Waals surface area contributed by atoms with E-state index in [1.807, 2.05) is 0 Å². The first-order chi connectivity index (χ1) is 18.0. The lowest BCUT2D eigenvalue weighted by molar-refractivity contribution is -0.0164. The second kappa shape index (κ2) is 15.0. The highest BCUT2D eigenvalue weighted by Gasteiger charge is 2.44. The molecule has 4 rings (SSSR count). The third kappa shape index (κ3) is 8.15. The van der Waals surface area contributed by atoms with Crippen LogP contribution in [0.2, 0.25) is 0 Å². The van der Waals surface area contributed by atoms with Crippen LogP contribution in [-0.4, -0.2) is 18.5 Å². The van der Waals surface area contributed by atoms with Crippen LogP contribution in [0.25, 0.3) is 0 Å². The maximum Gasteiger partial charge on any atom is 0.134 e. The third-order valence-electron chi connectivity index (χ3n) is 11.9. The predicted octanol–water partition coefficient (Wildman–Crippen LogP) is 11.2. The van der Waals surface area contributed by atoms with Crippen molar-refractivity contribution in [2.45, 2.75) is 167 Å². The molecule has 0 bridgehead atoms. The highest BCUT2D eigenvalue weighted by molar-refractivity contribution is 4.93. The zero-order valence-electron chi connectivity index (χ0n) is 24.3. The normalized spacial score (nSPS) is 43.5. The smallest absolute Gasteiger partial charge is 0.134 e. The number of alkyl halides is 3. The van der Waals surface area contributed by atoms with Crippen LogP contribution in [0.15, 0.2) is 0 Å². The lowest BCUT2D eigenvalue weighted by Gasteiger charge is -2.42. The maximum atomic E-state index is 15.3. The SMILES string of the molecule is CCCCCC1CCC(C2CCC(CCC3CCC(C4CCC(CCC)CC4)C(F)C3F)CC2)CC1F. The van der Waals surface area contributed by atoms with Gasteiger partial charge in [0.15, 0.2) is 0 Å². The van der Waals surface area contributed by atoms with E-state index >= 15 is 8.78 Å². The van der Waals surface area contributed by atoms with E-state index in [2.05, 4.69) is 13.8 Å². The Kier molecular flexibility index (Phi) is 12.0. The Labute approximate surface area is 227 Å². The molecule has 0 N–H and O–H groups in total. The van der Waals surface area contributed by atoms with Gasteiger partial charge in [-0.3, -0.25) is 0 Å². The monoisotopic (exact) mass is 524 g/mol. The molecule has 0 radical (unpaired) electrons. The summed E-state index contributed by atoms with van der Waals surface area (Å²) in [5, 5.41) is 0. The van der Waals surface area contributed by atoms with E-state index in [0.29, 0.717) is 29.6 Å². The van der Waals surface area contributed by atoms with Gasteiger partial charge >= 0.3 is 0 Å². The Morgan fingerprint density at radius 1 is 0.486 bits per heavy atom. The molecule has 7 unspecified atom stereocenters. The van der Waals surface area contributed by atoms with Crippen LogP contribution in [-0.2, 0) is 0 Å². The molecule has 0 nitrogen and oxygen atoms in total. The Morgan fingerprint density at radius 2 is 1.11 bits per heavy atom. The first-order valence-electron chi connectivity index (χ1n) is 16.9. The summed E-state index contributed by atoms with van der Waals surface area (Å²) in [6.45, 7) is 4.48. The summed E-state index contributed by atoms with van der Waals surface area (Å²) in [6, 6.07) is 0. The minimum atomic E-state index is -1.24. The van der Waals surface area contributed by atoms with E-state index in [-0.39, 0.29) is 11.8 Å². The third-order valence-corrected chi connectivity index (χ3v) is 11.9. The van der Waals surface area contributed by atoms with Crippen molar-refractivity contribution in [1.29, 1.82) is 0 Å². The van der Waals surface area contributed by atoms with E-state index in [4.69, 9.17) is 0 Å². The van der Waals surface area contributed by atoms with Crippen molar-refractivity contribution in [3.8, 4) is 0 Å². The van der Waals surface area contributed by atoms with Crippen molar-refractivity contribution in [3.05, 3.63) is 0 Å². The summed E-state index contributed by atoms with van der Waals surface area (Å²) in [4.78, 5) is 0. The molecule has 0 heterocycles. The predicted molar refractivity (Wildman–Crippen MR) is 151 cm³/mol. The fourth-order valence-electron chi connectivity index (χ4n) is 9.35. The van der Waals surface area contributed by atoms with Gasteiger partial charge in [0.2, 0.25) is 0 Å². The van der Waals surface area contributed by atoms with Gasteiger partial charge < -0.3 is 0 Å². The molecule has 0 aromatic heterocycles. The minimum Gasteiger partial charge on any atom is -0.247 e. The first kappa shape index (κ1) is 29.8. The first-order valence-corrected chi connectivity index (χ1v) is 16.9. The topological polar surface area (TPSA) is 0 Å². The largest absolute Gasteiger partial charge is 0.247 e. The Bertz CT molecular complexity index is 621. The molecule has 0 aliphatic heterocycles. The molecule has 4 fully saturated rings. The zero-order chi connectivity index (χ0) is 26.2. The van der Waals surface area contributed by atoms with Crippen molar-refractivity contribution in [2.24, 2.45) is 47.3 Å². The number of hydrogen-bond donors (Lipinski definition) is 0. The van der Waals surface area contributed by atoms with E-state index in [0.717, 1.165) is 63.7 Å². The van der Waals surface area contributed by atoms with Crippen LogP contribution in [0.1, 0.15) is 149 Å². The lowest BCUT2D eigenvalue weighted by atomic mass is 9.65. The van der Waals surface area contributed by atoms with Crippen molar-refractivity contribution < 1.29 is 13.2 Å². The van der Waals surface area contributed by atoms with Crippen molar-refractivity contribution in [2.75, 3.05) is 0 Å². The molecule has 4 saturated carbocycles. The highest BCUT2D eigenvalue weighted by Crippen LogP contribution is 2.47. The van der Waals surface area contributed by atoms with Crippen LogP contribution in [0.3, 0.4) is 0 Å². The maximum absolute atomic E-state index is 15.3. The van der Waals surface area contributed by atoms with Crippen molar-refractivity contribution in [3.63, 3.8) is 0 Å². The molecule has 3 heteroatoms. The Morgan fingerprint density at radius 3 is 1.76 bits per heavy atom. The number of halogens is 3. The molecule has 4 aliphatic carbocycles. The molecule has 7 atom stereocenters. The molecule has 0 aromatic carbocycles. The quantitative estimate of drug-likeness (QED) is 0.236. The van der Waals surface area contributed by atoms with Crippen LogP contribution < -0.4 is 0 Å². The van der Waals surface area contributed by atoms with Crippen molar-refractivity contribution >= 4 is 0 Å². The average molecular weight is 525 g/mol. The standard InChI is InChI=1S/C34H59F3/c1-3-5-6-8-28-19-20-30(23-32(28)35)26-14-9-25(10-15-26)13-18-29-21-22-31(34(37)33(29)36)27-16-11-24(7-4-2)12-17-27/h24-34H,3-23H2,1-2H3. The number of rotatable bonds is 11. The fraction of sp³-hybridized carbons (Fsp3) is 1.00. The van der Waals surface area contributed by atoms with Gasteiger partial charge in [0.05, 0.1) is 0 Å². The molecular weight excluding hydrogens is 465 g/mol. The van der Waals surface area contributed by atoms with Crippen LogP contribution >= 0.6 is 0 Å². The minimum absolute atomic E-state index is 0.0228. The van der Waals surface area contributed by atoms with E-state index in [1.165, 1.54) is 77.0 Å². The summed E-state index contributed by atoms with van der Waals surface area (Å²) in [5.41, 5.74) is 0. The number of unbranched alkanes of at least 4 members (excludes halogenated alkanes) is 2. The molecule has 4 aliphatic rings. The summed E-state index contributed by atoms with van der Waals surface area (Å²) in [7, 11) is 0. The summed E-state index contributed by atoms with van der Waals surface area (Å²) in [6.07, 6.45) is 20.8. The summed E-state index contributed by atoms with van der Waals surface area (Å²) in [5.74, 6) is 3.47. The lowest BCUT2D eigenvalue weighted by Crippen LogP contribution is -2.42. The summed E-state index contributed by atoms with van der Waals surface area (Å²) < 4.78 is 45.4. The highest BCUT2D eigenvalue weighted by atomic mass is 19.2. The van der Waals surface area contributed by atoms with Gasteiger partial charge in [0.1, 0.15) is 18.5 Å². The number of hydrogen-bond acceptors (Lipinski definition) is 0. The van der Waals surface area contributed by atoms with Crippen LogP contribution in [0, 0.1) is 47.3 Å². The fourth-order valence-corrected chi connectivity index (χ4v) is 9.35. The van der Waals surface area contributed by atoms with Gasteiger partial charge in [-0.1, -0.05) is 78.1 Å². The van der Waals surface area contributed by atoms with Gasteiger partial charge in [0.25, 0.3) is 0 Å². The van der Waals surface area contributed by atoms with Crippen LogP contribution in [0.5, 0.6) is 0 Å². The molecule has 0 aromatic rings. The van der Waals surface area contributed by atoms with E-state index in [1.54, 1.807) is 0 Å².